The number of benzene rings is 1. The molecular weight excluding hydrogens is 303 g/mol. The molecule has 0 amide bonds. The Morgan fingerprint density at radius 2 is 2.14 bits per heavy atom. The Bertz CT molecular complexity index is 770. The van der Waals surface area contributed by atoms with Gasteiger partial charge in [0.1, 0.15) is 16.5 Å². The van der Waals surface area contributed by atoms with E-state index in [4.69, 9.17) is 4.52 Å². The summed E-state index contributed by atoms with van der Waals surface area (Å²) in [4.78, 5) is 8.72. The molecule has 0 saturated heterocycles. The van der Waals surface area contributed by atoms with Crippen molar-refractivity contribution in [2.75, 3.05) is 7.05 Å². The largest absolute Gasteiger partial charge is 0.332 e. The van der Waals surface area contributed by atoms with Gasteiger partial charge in [-0.15, -0.1) is 11.3 Å². The van der Waals surface area contributed by atoms with Gasteiger partial charge in [0.05, 0.1) is 0 Å². The summed E-state index contributed by atoms with van der Waals surface area (Å²) in [6.07, 6.45) is 0.671. The monoisotopic (exact) mass is 318 g/mol. The fraction of sp³-hybridized carbons (Fsp3) is 0.267. The molecule has 3 aromatic rings. The fourth-order valence-corrected chi connectivity index (χ4v) is 2.77. The maximum atomic E-state index is 13.8. The van der Waals surface area contributed by atoms with Crippen molar-refractivity contribution in [2.45, 2.75) is 19.4 Å². The molecule has 3 rings (SSSR count). The summed E-state index contributed by atoms with van der Waals surface area (Å²) >= 11 is 1.35. The molecule has 5 nitrogen and oxygen atoms in total. The summed E-state index contributed by atoms with van der Waals surface area (Å²) in [5, 5.41) is 9.45. The Labute approximate surface area is 131 Å². The van der Waals surface area contributed by atoms with Crippen molar-refractivity contribution in [1.29, 1.82) is 0 Å². The molecule has 0 saturated carbocycles. The molecule has 1 N–H and O–H groups in total. The first-order chi connectivity index (χ1) is 10.7. The van der Waals surface area contributed by atoms with E-state index in [0.29, 0.717) is 34.4 Å². The Balaban J connectivity index is 1.84. The van der Waals surface area contributed by atoms with Crippen LogP contribution >= 0.6 is 11.3 Å². The van der Waals surface area contributed by atoms with Crippen LogP contribution in [-0.2, 0) is 6.42 Å². The van der Waals surface area contributed by atoms with E-state index in [-0.39, 0.29) is 11.9 Å². The van der Waals surface area contributed by atoms with Crippen molar-refractivity contribution >= 4 is 11.3 Å². The van der Waals surface area contributed by atoms with Crippen molar-refractivity contribution in [3.05, 3.63) is 41.3 Å². The van der Waals surface area contributed by atoms with Crippen LogP contribution < -0.4 is 5.32 Å². The average Bonchev–Trinajstić information content (AvgIpc) is 3.16. The molecule has 114 valence electrons. The molecule has 0 aliphatic carbocycles. The van der Waals surface area contributed by atoms with Gasteiger partial charge in [-0.2, -0.15) is 4.98 Å². The summed E-state index contributed by atoms with van der Waals surface area (Å²) in [6, 6.07) is 6.81. The Morgan fingerprint density at radius 3 is 2.91 bits per heavy atom. The number of nitrogens with zero attached hydrogens (tertiary/aromatic N) is 3. The van der Waals surface area contributed by atoms with Gasteiger partial charge in [0, 0.05) is 23.4 Å². The second kappa shape index (κ2) is 6.33. The van der Waals surface area contributed by atoms with Crippen LogP contribution in [0.5, 0.6) is 0 Å². The number of likely N-dealkylation sites (N-methyl/N-ethyl adjacent to an activating group) is 1. The van der Waals surface area contributed by atoms with Crippen molar-refractivity contribution in [1.82, 2.24) is 20.4 Å². The summed E-state index contributed by atoms with van der Waals surface area (Å²) in [5.41, 5.74) is 1.04. The molecule has 2 heterocycles. The summed E-state index contributed by atoms with van der Waals surface area (Å²) < 4.78 is 19.0. The SMILES string of the molecule is CNC(C)Cc1noc(-c2csc(-c3ccccc3F)n2)n1. The lowest BCUT2D eigenvalue weighted by Crippen LogP contribution is -2.24. The van der Waals surface area contributed by atoms with Crippen LogP contribution in [0.4, 0.5) is 4.39 Å². The van der Waals surface area contributed by atoms with Crippen LogP contribution in [0, 0.1) is 5.82 Å². The van der Waals surface area contributed by atoms with Gasteiger partial charge in [0.2, 0.25) is 0 Å². The van der Waals surface area contributed by atoms with Gasteiger partial charge in [0.25, 0.3) is 5.89 Å². The van der Waals surface area contributed by atoms with Gasteiger partial charge in [0.15, 0.2) is 5.82 Å². The number of hydrogen-bond donors (Lipinski definition) is 1. The first-order valence-corrected chi connectivity index (χ1v) is 7.76. The fourth-order valence-electron chi connectivity index (χ4n) is 1.95. The molecule has 0 spiro atoms. The van der Waals surface area contributed by atoms with Crippen LogP contribution in [-0.4, -0.2) is 28.2 Å². The maximum absolute atomic E-state index is 13.8. The topological polar surface area (TPSA) is 63.8 Å². The molecule has 0 radical (unpaired) electrons. The molecule has 1 unspecified atom stereocenters. The molecule has 0 fully saturated rings. The van der Waals surface area contributed by atoms with E-state index in [1.165, 1.54) is 17.4 Å². The third kappa shape index (κ3) is 3.05. The minimum atomic E-state index is -0.294. The van der Waals surface area contributed by atoms with E-state index in [9.17, 15) is 4.39 Å². The standard InChI is InChI=1S/C15H15FN4OS/c1-9(17-2)7-13-19-14(21-20-13)12-8-22-15(18-12)10-5-3-4-6-11(10)16/h3-6,8-9,17H,7H2,1-2H3. The number of nitrogens with one attached hydrogen (secondary N) is 1. The highest BCUT2D eigenvalue weighted by Crippen LogP contribution is 2.29. The summed E-state index contributed by atoms with van der Waals surface area (Å²) in [5.74, 6) is 0.687. The van der Waals surface area contributed by atoms with Crippen molar-refractivity contribution in [3.63, 3.8) is 0 Å². The number of halogens is 1. The van der Waals surface area contributed by atoms with E-state index >= 15 is 0 Å². The van der Waals surface area contributed by atoms with Gasteiger partial charge >= 0.3 is 0 Å². The Hall–Kier alpha value is -2.12. The highest BCUT2D eigenvalue weighted by atomic mass is 32.1. The van der Waals surface area contributed by atoms with E-state index < -0.39 is 0 Å². The first kappa shape index (κ1) is 14.8. The molecule has 7 heteroatoms. The van der Waals surface area contributed by atoms with E-state index in [1.54, 1.807) is 23.6 Å². The quantitative estimate of drug-likeness (QED) is 0.783. The van der Waals surface area contributed by atoms with Crippen molar-refractivity contribution < 1.29 is 8.91 Å². The minimum absolute atomic E-state index is 0.259. The number of rotatable bonds is 5. The van der Waals surface area contributed by atoms with Crippen LogP contribution in [0.25, 0.3) is 22.2 Å². The first-order valence-electron chi connectivity index (χ1n) is 6.88. The predicted molar refractivity (Wildman–Crippen MR) is 83.0 cm³/mol. The van der Waals surface area contributed by atoms with E-state index in [2.05, 4.69) is 20.4 Å². The lowest BCUT2D eigenvalue weighted by molar-refractivity contribution is 0.417. The van der Waals surface area contributed by atoms with Crippen LogP contribution in [0.1, 0.15) is 12.7 Å². The lowest BCUT2D eigenvalue weighted by atomic mass is 10.2. The highest BCUT2D eigenvalue weighted by molar-refractivity contribution is 7.13. The molecular formula is C15H15FN4OS. The maximum Gasteiger partial charge on any atom is 0.277 e. The van der Waals surface area contributed by atoms with Crippen LogP contribution in [0.2, 0.25) is 0 Å². The van der Waals surface area contributed by atoms with Gasteiger partial charge in [-0.3, -0.25) is 0 Å². The zero-order chi connectivity index (χ0) is 15.5. The summed E-state index contributed by atoms with van der Waals surface area (Å²) in [6.45, 7) is 2.04. The number of hydrogen-bond acceptors (Lipinski definition) is 6. The second-order valence-corrected chi connectivity index (χ2v) is 5.79. The Morgan fingerprint density at radius 1 is 1.32 bits per heavy atom. The van der Waals surface area contributed by atoms with Crippen LogP contribution in [0.15, 0.2) is 34.2 Å². The second-order valence-electron chi connectivity index (χ2n) is 4.93. The smallest absolute Gasteiger partial charge is 0.277 e. The van der Waals surface area contributed by atoms with Gasteiger partial charge in [-0.1, -0.05) is 17.3 Å². The zero-order valence-corrected chi connectivity index (χ0v) is 13.0. The predicted octanol–water partition coefficient (Wildman–Crippen LogP) is 3.15. The average molecular weight is 318 g/mol. The molecule has 0 bridgehead atoms. The highest BCUT2D eigenvalue weighted by Gasteiger charge is 2.15. The third-order valence-electron chi connectivity index (χ3n) is 3.28. The zero-order valence-electron chi connectivity index (χ0n) is 12.2. The molecule has 22 heavy (non-hydrogen) atoms. The number of aromatic nitrogens is 3. The molecule has 0 aliphatic heterocycles. The van der Waals surface area contributed by atoms with Crippen molar-refractivity contribution in [2.24, 2.45) is 0 Å². The number of thiazole rings is 1. The van der Waals surface area contributed by atoms with Gasteiger partial charge in [-0.05, 0) is 26.1 Å². The van der Waals surface area contributed by atoms with Crippen LogP contribution in [0.3, 0.4) is 0 Å². The van der Waals surface area contributed by atoms with Crippen molar-refractivity contribution in [3.8, 4) is 22.2 Å². The van der Waals surface area contributed by atoms with E-state index in [0.717, 1.165) is 0 Å². The molecule has 1 aromatic carbocycles. The van der Waals surface area contributed by atoms with E-state index in [1.807, 2.05) is 14.0 Å². The molecule has 0 aliphatic rings. The Kier molecular flexibility index (Phi) is 4.26. The van der Waals surface area contributed by atoms with Gasteiger partial charge < -0.3 is 9.84 Å². The summed E-state index contributed by atoms with van der Waals surface area (Å²) in [7, 11) is 1.88. The third-order valence-corrected chi connectivity index (χ3v) is 4.15. The minimum Gasteiger partial charge on any atom is -0.332 e. The molecule has 2 aromatic heterocycles. The normalized spacial score (nSPS) is 12.5. The lowest BCUT2D eigenvalue weighted by Gasteiger charge is -2.04. The molecule has 1 atom stereocenters. The van der Waals surface area contributed by atoms with Gasteiger partial charge in [-0.25, -0.2) is 9.37 Å².